The first-order valence-corrected chi connectivity index (χ1v) is 23.9. The molecule has 0 saturated heterocycles. The van der Waals surface area contributed by atoms with Crippen molar-refractivity contribution in [3.63, 3.8) is 0 Å². The van der Waals surface area contributed by atoms with Crippen LogP contribution in [0.2, 0.25) is 0 Å². The molecular formula is C32H58Cl2N18O14Pt. The van der Waals surface area contributed by atoms with E-state index in [1.54, 1.807) is 0 Å². The number of carboxylic acid groups (broad SMARTS) is 2. The number of nitrogens with one attached hydrogen (secondary N) is 6. The van der Waals surface area contributed by atoms with Gasteiger partial charge in [-0.1, -0.05) is 0 Å². The number of nitrogens with zero attached hydrogens (tertiary/aromatic N) is 2. The third-order valence-electron chi connectivity index (χ3n) is 7.15. The SMILES string of the molecule is NC(=O)CC(NC(=O)CCC(=O)O)C(=O)N[CH]C(=O)NC(CCCN=C(N)N)C(N)=O.NC(=O)CC(NC(=O)CCC(=O)O)C(=O)N[CH]C(=O)NC(CCCN=C(N)N)C(N)=O.[Cl][Pt+2][Cl].[NH2-].[NH2-]. The van der Waals surface area contributed by atoms with Crippen molar-refractivity contribution in [2.24, 2.45) is 55.9 Å². The molecule has 384 valence electrons. The second kappa shape index (κ2) is 40.8. The van der Waals surface area contributed by atoms with Crippen molar-refractivity contribution < 1.29 is 84.2 Å². The number of carboxylic acids is 2. The first-order chi connectivity index (χ1) is 30.2. The van der Waals surface area contributed by atoms with Crippen LogP contribution in [0.15, 0.2) is 9.98 Å². The van der Waals surface area contributed by atoms with Gasteiger partial charge in [-0.15, -0.1) is 0 Å². The van der Waals surface area contributed by atoms with E-state index in [1.165, 1.54) is 0 Å². The van der Waals surface area contributed by atoms with Crippen molar-refractivity contribution in [2.45, 2.75) is 88.4 Å². The molecule has 0 aliphatic heterocycles. The average molecular weight is 1180 g/mol. The van der Waals surface area contributed by atoms with Gasteiger partial charge in [0.25, 0.3) is 0 Å². The summed E-state index contributed by atoms with van der Waals surface area (Å²) in [5.74, 6) is -11.5. The fraction of sp³-hybridized carbons (Fsp3) is 0.500. The van der Waals surface area contributed by atoms with Crippen LogP contribution in [0.25, 0.3) is 12.3 Å². The van der Waals surface area contributed by atoms with Gasteiger partial charge < -0.3 is 100 Å². The number of aliphatic carboxylic acids is 2. The first kappa shape index (κ1) is 69.4. The molecular weight excluding hydrogens is 1130 g/mol. The molecule has 0 aliphatic carbocycles. The maximum absolute atomic E-state index is 12.2. The van der Waals surface area contributed by atoms with Gasteiger partial charge in [-0.3, -0.25) is 67.5 Å². The van der Waals surface area contributed by atoms with E-state index >= 15 is 0 Å². The molecule has 67 heavy (non-hydrogen) atoms. The van der Waals surface area contributed by atoms with Crippen molar-refractivity contribution in [3.05, 3.63) is 25.4 Å². The van der Waals surface area contributed by atoms with Gasteiger partial charge in [0.2, 0.25) is 59.1 Å². The molecule has 4 unspecified atom stereocenters. The molecule has 10 amide bonds. The Bertz CT molecular complexity index is 1600. The molecule has 28 N–H and O–H groups in total. The van der Waals surface area contributed by atoms with Crippen molar-refractivity contribution in [2.75, 3.05) is 13.1 Å². The topological polar surface area (TPSA) is 617 Å². The number of rotatable bonds is 30. The monoisotopic (exact) mass is 1180 g/mol. The third kappa shape index (κ3) is 43.1. The number of amides is 10. The summed E-state index contributed by atoms with van der Waals surface area (Å²) in [5.41, 5.74) is 41.2. The van der Waals surface area contributed by atoms with E-state index in [4.69, 9.17) is 74.9 Å². The number of hydrogen-bond acceptors (Lipinski definition) is 14. The summed E-state index contributed by atoms with van der Waals surface area (Å²) in [6, 6.07) is -5.00. The van der Waals surface area contributed by atoms with Crippen LogP contribution in [-0.2, 0) is 74.0 Å². The van der Waals surface area contributed by atoms with Crippen LogP contribution in [0.3, 0.4) is 0 Å². The van der Waals surface area contributed by atoms with Crippen molar-refractivity contribution in [1.82, 2.24) is 31.9 Å². The molecule has 0 aromatic rings. The quantitative estimate of drug-likeness (QED) is 0.0181. The molecule has 0 aliphatic rings. The van der Waals surface area contributed by atoms with Crippen molar-refractivity contribution >= 4 is 102 Å². The summed E-state index contributed by atoms with van der Waals surface area (Å²) in [6.07, 6.45) is -2.07. The zero-order chi connectivity index (χ0) is 50.7. The number of guanidine groups is 2. The number of hydrogen-bond donors (Lipinski definition) is 16. The largest absolute Gasteiger partial charge is 0.693 e. The minimum Gasteiger partial charge on any atom is -0.693 e. The summed E-state index contributed by atoms with van der Waals surface area (Å²) in [6.45, 7) is 1.76. The minimum absolute atomic E-state index is 0. The molecule has 0 bridgehead atoms. The molecule has 35 heteroatoms. The van der Waals surface area contributed by atoms with E-state index in [2.05, 4.69) is 41.9 Å². The summed E-state index contributed by atoms with van der Waals surface area (Å²) >= 11 is -0.472. The maximum Gasteiger partial charge on any atom is -0.693 e. The van der Waals surface area contributed by atoms with E-state index in [1.807, 2.05) is 0 Å². The Morgan fingerprint density at radius 3 is 1.04 bits per heavy atom. The second-order valence-electron chi connectivity index (χ2n) is 12.5. The molecule has 0 rings (SSSR count). The van der Waals surface area contributed by atoms with Gasteiger partial charge in [0.05, 0.1) is 25.7 Å². The zero-order valence-electron chi connectivity index (χ0n) is 35.5. The summed E-state index contributed by atoms with van der Waals surface area (Å²) < 4.78 is 0. The van der Waals surface area contributed by atoms with E-state index in [-0.39, 0.29) is 50.2 Å². The minimum atomic E-state index is -1.44. The molecule has 0 saturated carbocycles. The van der Waals surface area contributed by atoms with Gasteiger partial charge in [-0.05, 0) is 25.7 Å². The Hall–Kier alpha value is -6.63. The average Bonchev–Trinajstić information content (AvgIpc) is 3.19. The zero-order valence-corrected chi connectivity index (χ0v) is 39.3. The van der Waals surface area contributed by atoms with Crippen LogP contribution < -0.4 is 77.8 Å². The Balaban J connectivity index is -0.000000351. The van der Waals surface area contributed by atoms with Gasteiger partial charge in [-0.2, -0.15) is 0 Å². The second-order valence-corrected chi connectivity index (χ2v) is 15.8. The van der Waals surface area contributed by atoms with Crippen LogP contribution in [0.1, 0.15) is 64.2 Å². The van der Waals surface area contributed by atoms with Gasteiger partial charge in [0, 0.05) is 25.9 Å². The summed E-state index contributed by atoms with van der Waals surface area (Å²) in [5, 5.41) is 30.1. The van der Waals surface area contributed by atoms with Gasteiger partial charge >= 0.3 is 47.3 Å². The molecule has 0 aromatic heterocycles. The van der Waals surface area contributed by atoms with Gasteiger partial charge in [0.15, 0.2) is 11.9 Å². The summed E-state index contributed by atoms with van der Waals surface area (Å²) in [4.78, 5) is 145. The number of carbonyl (C=O) groups is 12. The van der Waals surface area contributed by atoms with E-state index < -0.39 is 150 Å². The van der Waals surface area contributed by atoms with Crippen LogP contribution >= 0.6 is 18.8 Å². The first-order valence-electron chi connectivity index (χ1n) is 18.2. The van der Waals surface area contributed by atoms with Crippen LogP contribution in [0.4, 0.5) is 0 Å². The van der Waals surface area contributed by atoms with E-state index in [0.717, 1.165) is 0 Å². The van der Waals surface area contributed by atoms with Crippen LogP contribution in [-0.4, -0.2) is 130 Å². The van der Waals surface area contributed by atoms with Crippen molar-refractivity contribution in [3.8, 4) is 0 Å². The third-order valence-corrected chi connectivity index (χ3v) is 7.15. The normalized spacial score (nSPS) is 11.4. The standard InChI is InChI=1S/2C16H27N8O7.2ClH.2H2N.Pt/c2*17-10(25)6-9(24-11(26)3-4-13(28)29)15(31)22-7-12(27)23-8(14(18)30)2-1-5-21-16(19)20;;;;;/h2*7-9H,1-6H2,(H2,17,25)(H2,18,30)(H,22,31)(H,23,27)(H,24,26)(H,28,29)(H4,19,20,21);2*1H;2*1H2;/q;;;;2*-1;+4/p-2. The van der Waals surface area contributed by atoms with Crippen molar-refractivity contribution in [1.29, 1.82) is 0 Å². The van der Waals surface area contributed by atoms with E-state index in [0.29, 0.717) is 25.9 Å². The summed E-state index contributed by atoms with van der Waals surface area (Å²) in [7, 11) is 9.75. The molecule has 0 heterocycles. The molecule has 4 atom stereocenters. The van der Waals surface area contributed by atoms with Gasteiger partial charge in [0.1, 0.15) is 37.3 Å². The molecule has 0 fully saturated rings. The molecule has 0 aromatic carbocycles. The Morgan fingerprint density at radius 2 is 0.806 bits per heavy atom. The number of halogens is 2. The predicted molar refractivity (Wildman–Crippen MR) is 234 cm³/mol. The molecule has 2 radical (unpaired) electrons. The number of aliphatic imine (C=N–C) groups is 2. The maximum atomic E-state index is 12.2. The fourth-order valence-corrected chi connectivity index (χ4v) is 4.27. The number of primary amides is 4. The smallest absolute Gasteiger partial charge is 0.693 e. The van der Waals surface area contributed by atoms with Crippen LogP contribution in [0, 0.1) is 13.1 Å². The molecule has 0 spiro atoms. The van der Waals surface area contributed by atoms with Crippen LogP contribution in [0.5, 0.6) is 0 Å². The number of nitrogens with two attached hydrogens (primary N) is 10. The van der Waals surface area contributed by atoms with E-state index in [9.17, 15) is 57.5 Å². The molecule has 32 nitrogen and oxygen atoms in total. The fourth-order valence-electron chi connectivity index (χ4n) is 4.27. The Labute approximate surface area is 399 Å². The Kier molecular flexibility index (Phi) is 42.3. The Morgan fingerprint density at radius 1 is 0.507 bits per heavy atom. The predicted octanol–water partition coefficient (Wildman–Crippen LogP) is -6.16. The number of carbonyl (C=O) groups excluding carboxylic acids is 10. The van der Waals surface area contributed by atoms with Gasteiger partial charge in [-0.25, -0.2) is 0 Å².